The van der Waals surface area contributed by atoms with Crippen molar-refractivity contribution in [2.75, 3.05) is 19.8 Å². The fourth-order valence-corrected chi connectivity index (χ4v) is 12.9. The molecule has 0 aromatic heterocycles. The largest absolute Gasteiger partial charge is 0.514 e. The number of phenolic OH excluding ortho intramolecular Hbond substituents is 4. The van der Waals surface area contributed by atoms with Gasteiger partial charge in [0.1, 0.15) is 75.3 Å². The Morgan fingerprint density at radius 1 is 0.284 bits per heavy atom. The van der Waals surface area contributed by atoms with Crippen molar-refractivity contribution in [1.82, 2.24) is 0 Å². The van der Waals surface area contributed by atoms with Crippen LogP contribution in [-0.2, 0) is 24.4 Å². The molecule has 0 spiro atoms. The smallest absolute Gasteiger partial charge is 0.508 e. The molecule has 0 aliphatic rings. The summed E-state index contributed by atoms with van der Waals surface area (Å²) in [5.74, 6) is 10.8. The van der Waals surface area contributed by atoms with Crippen LogP contribution >= 0.6 is 0 Å². The number of carbonyl (C=O) groups excluding carboxylic acids is 2. The Bertz CT molecular complexity index is 4610. The second kappa shape index (κ2) is 64.3. The number of phenols is 4. The van der Waals surface area contributed by atoms with Gasteiger partial charge in [0.2, 0.25) is 0 Å². The monoisotopic (exact) mass is 1840 g/mol. The molecule has 0 aliphatic carbocycles. The van der Waals surface area contributed by atoms with Crippen LogP contribution in [0, 0.1) is 0 Å². The predicted molar refractivity (Wildman–Crippen MR) is 560 cm³/mol. The fourth-order valence-electron chi connectivity index (χ4n) is 12.9. The predicted octanol–water partition coefficient (Wildman–Crippen LogP) is 33.9. The summed E-state index contributed by atoms with van der Waals surface area (Å²) in [4.78, 5) is 22.3. The highest BCUT2D eigenvalue weighted by atomic mass is 16.7. The van der Waals surface area contributed by atoms with Gasteiger partial charge in [-0.05, 0) is 356 Å². The van der Waals surface area contributed by atoms with Gasteiger partial charge in [-0.3, -0.25) is 4.79 Å². The lowest BCUT2D eigenvalue weighted by Crippen LogP contribution is -2.26. The van der Waals surface area contributed by atoms with Gasteiger partial charge in [0, 0.05) is 13.5 Å². The number of hydrogen-bond acceptors (Lipinski definition) is 15. The van der Waals surface area contributed by atoms with Gasteiger partial charge in [0.25, 0.3) is 0 Å². The Morgan fingerprint density at radius 2 is 0.537 bits per heavy atom. The molecule has 10 aromatic rings. The maximum absolute atomic E-state index is 11.5. The molecule has 0 saturated carbocycles. The van der Waals surface area contributed by atoms with Crippen molar-refractivity contribution in [2.45, 2.75) is 355 Å². The van der Waals surface area contributed by atoms with Crippen molar-refractivity contribution in [2.24, 2.45) is 0 Å². The lowest BCUT2D eigenvalue weighted by molar-refractivity contribution is -0.131. The third kappa shape index (κ3) is 51.1. The average Bonchev–Trinajstić information content (AvgIpc) is 0.888. The third-order valence-corrected chi connectivity index (χ3v) is 23.1. The summed E-state index contributed by atoms with van der Waals surface area (Å²) < 4.78 is 49.5. The molecule has 0 heterocycles. The summed E-state index contributed by atoms with van der Waals surface area (Å²) in [6.07, 6.45) is 8.86. The van der Waals surface area contributed by atoms with E-state index in [1.54, 1.807) is 36.4 Å². The molecule has 15 heteroatoms. The minimum Gasteiger partial charge on any atom is -0.508 e. The number of carbonyl (C=O) groups is 2. The summed E-state index contributed by atoms with van der Waals surface area (Å²) in [5.41, 5.74) is 12.0. The van der Waals surface area contributed by atoms with Crippen LogP contribution in [0.15, 0.2) is 243 Å². The molecule has 0 radical (unpaired) electrons. The van der Waals surface area contributed by atoms with Gasteiger partial charge in [0.15, 0.2) is 12.6 Å². The van der Waals surface area contributed by atoms with Gasteiger partial charge in [0.05, 0.1) is 6.61 Å². The molecule has 11 atom stereocenters. The maximum Gasteiger partial charge on any atom is 0.514 e. The van der Waals surface area contributed by atoms with Crippen molar-refractivity contribution in [3.63, 3.8) is 0 Å². The topological polar surface area (TPSA) is 198 Å². The highest BCUT2D eigenvalue weighted by Crippen LogP contribution is 2.33. The van der Waals surface area contributed by atoms with Gasteiger partial charge in [-0.2, -0.15) is 0 Å². The van der Waals surface area contributed by atoms with E-state index in [4.69, 9.17) is 63.1 Å². The van der Waals surface area contributed by atoms with Crippen LogP contribution in [0.25, 0.3) is 0 Å². The SMILES string of the molecule is CCC(C)c1cccc(O)c1.CCC(C)c1cccc(O)c1.CCC(C)c1cccc(O)c1.CCC(C)c1cccc(O)c1.CCC(C)c1cccc(OC(=O)OC(C)(C)C)c1.CCC(C)c1cccc(OC(C)(C)C)c1.CCC(C)c1cccc(OC(C)=O)c1.CCC(C)c1cccc(OC(C)OCCOc2ccc(C(C)(C)C)cc2)c1.CCOC(C)Oc1cccc(C(C)CC)c1. The standard InChI is InChI=1S/C24H34O3.C15H22O3.C14H22O2.C14H22O.C12H16O2.4C10H14O/c1-7-18(2)20-9-8-10-23(17-20)27-19(3)25-15-16-26-22-13-11-21(12-14-22)24(4,5)6;1-6-11(2)12-8-7-9-13(10-12)17-14(16)18-15(3,4)5;1-5-11(3)13-8-7-9-14(10-13)16-12(4)15-6-2;1-6-11(2)12-8-7-9-13(10-12)15-14(3,4)5;1-4-9(2)11-6-5-7-12(8-11)14-10(3)13;4*1-3-8(2)9-5-4-6-10(11)7-9/h8-14,17-19H,7,15-16H2,1-6H3;7-11H,6H2,1-5H3;7-12H,5-6H2,1-4H3;7-11H,6H2,1-5H3;5-9H,4H2,1-3H3;4*4-8,11H,3H2,1-2H3. The molecule has 15 nitrogen and oxygen atoms in total. The second-order valence-corrected chi connectivity index (χ2v) is 37.7. The minimum atomic E-state index is -0.663. The van der Waals surface area contributed by atoms with Gasteiger partial charge < -0.3 is 63.1 Å². The van der Waals surface area contributed by atoms with E-state index in [-0.39, 0.29) is 29.6 Å². The Hall–Kier alpha value is -10.7. The van der Waals surface area contributed by atoms with Crippen molar-refractivity contribution < 1.29 is 72.6 Å². The zero-order valence-electron chi connectivity index (χ0n) is 87.7. The summed E-state index contributed by atoms with van der Waals surface area (Å²) in [6, 6.07) is 78.3. The molecule has 4 N–H and O–H groups in total. The normalized spacial score (nSPS) is 13.3. The molecule has 0 saturated heterocycles. The average molecular weight is 1840 g/mol. The third-order valence-electron chi connectivity index (χ3n) is 23.1. The van der Waals surface area contributed by atoms with Crippen LogP contribution in [0.4, 0.5) is 4.79 Å². The first kappa shape index (κ1) is 119. The van der Waals surface area contributed by atoms with E-state index < -0.39 is 11.8 Å². The quantitative estimate of drug-likeness (QED) is 0.0102. The van der Waals surface area contributed by atoms with Crippen molar-refractivity contribution >= 4 is 12.1 Å². The zero-order chi connectivity index (χ0) is 101. The Morgan fingerprint density at radius 3 is 0.799 bits per heavy atom. The van der Waals surface area contributed by atoms with E-state index in [1.165, 1.54) is 69.0 Å². The summed E-state index contributed by atoms with van der Waals surface area (Å²) in [5, 5.41) is 36.6. The number of esters is 1. The van der Waals surface area contributed by atoms with E-state index >= 15 is 0 Å². The number of rotatable bonds is 32. The molecule has 10 aromatic carbocycles. The van der Waals surface area contributed by atoms with E-state index in [2.05, 4.69) is 227 Å². The zero-order valence-corrected chi connectivity index (χ0v) is 87.7. The molecule has 134 heavy (non-hydrogen) atoms. The summed E-state index contributed by atoms with van der Waals surface area (Å²) in [7, 11) is 0. The van der Waals surface area contributed by atoms with Gasteiger partial charge >= 0.3 is 12.1 Å². The highest BCUT2D eigenvalue weighted by Gasteiger charge is 2.20. The van der Waals surface area contributed by atoms with Crippen molar-refractivity contribution in [1.29, 1.82) is 0 Å². The Labute approximate surface area is 810 Å². The van der Waals surface area contributed by atoms with Crippen LogP contribution in [-0.4, -0.2) is 76.2 Å². The second-order valence-electron chi connectivity index (χ2n) is 37.7. The fraction of sp³-hybridized carbons (Fsp3) is 0.479. The molecule has 10 rings (SSSR count). The molecule has 738 valence electrons. The molecular weight excluding hydrogens is 1670 g/mol. The first-order valence-electron chi connectivity index (χ1n) is 49.0. The molecule has 0 fully saturated rings. The van der Waals surface area contributed by atoms with E-state index in [0.717, 1.165) is 74.4 Å². The molecular formula is C119H172O15. The molecule has 0 aliphatic heterocycles. The highest BCUT2D eigenvalue weighted by molar-refractivity contribution is 5.69. The molecule has 0 amide bonds. The maximum atomic E-state index is 11.5. The van der Waals surface area contributed by atoms with E-state index in [9.17, 15) is 9.59 Å². The van der Waals surface area contributed by atoms with Gasteiger partial charge in [-0.25, -0.2) is 4.79 Å². The number of ether oxygens (including phenoxy) is 9. The molecule has 11 unspecified atom stereocenters. The van der Waals surface area contributed by atoms with Crippen LogP contribution in [0.2, 0.25) is 0 Å². The van der Waals surface area contributed by atoms with Crippen molar-refractivity contribution in [3.05, 3.63) is 298 Å². The van der Waals surface area contributed by atoms with Gasteiger partial charge in [-0.1, -0.05) is 267 Å². The van der Waals surface area contributed by atoms with Crippen LogP contribution in [0.3, 0.4) is 0 Å². The number of aromatic hydroxyl groups is 4. The lowest BCUT2D eigenvalue weighted by atomic mass is 9.87. The lowest BCUT2D eigenvalue weighted by Gasteiger charge is -2.22. The summed E-state index contributed by atoms with van der Waals surface area (Å²) in [6.45, 7) is 66.2. The van der Waals surface area contributed by atoms with E-state index in [1.807, 2.05) is 187 Å². The Balaban J connectivity index is 0.000000519. The van der Waals surface area contributed by atoms with Gasteiger partial charge in [-0.15, -0.1) is 0 Å². The minimum absolute atomic E-state index is 0.117. The summed E-state index contributed by atoms with van der Waals surface area (Å²) >= 11 is 0. The van der Waals surface area contributed by atoms with E-state index in [0.29, 0.717) is 108 Å². The Kier molecular flexibility index (Phi) is 57.2. The van der Waals surface area contributed by atoms with Crippen LogP contribution in [0.5, 0.6) is 57.5 Å². The first-order chi connectivity index (χ1) is 63.3. The molecule has 0 bridgehead atoms. The van der Waals surface area contributed by atoms with Crippen molar-refractivity contribution in [3.8, 4) is 57.5 Å². The van der Waals surface area contributed by atoms with Crippen LogP contribution < -0.4 is 28.4 Å². The number of hydrogen-bond donors (Lipinski definition) is 4. The van der Waals surface area contributed by atoms with Crippen LogP contribution in [0.1, 0.15) is 381 Å². The first-order valence-corrected chi connectivity index (χ1v) is 49.0. The number of benzene rings is 10.